The number of benzene rings is 2. The van der Waals surface area contributed by atoms with Gasteiger partial charge >= 0.3 is 6.18 Å². The van der Waals surface area contributed by atoms with Crippen LogP contribution in [0.4, 0.5) is 13.2 Å². The molecule has 1 N–H and O–H groups in total. The van der Waals surface area contributed by atoms with Crippen LogP contribution in [0.5, 0.6) is 0 Å². The van der Waals surface area contributed by atoms with Gasteiger partial charge in [-0.2, -0.15) is 13.2 Å². The number of sulfonamides is 1. The minimum Gasteiger partial charge on any atom is -0.274 e. The Morgan fingerprint density at radius 1 is 1.00 bits per heavy atom. The summed E-state index contributed by atoms with van der Waals surface area (Å²) in [6.07, 6.45) is -2.89. The smallest absolute Gasteiger partial charge is 0.274 e. The molecule has 2 aromatic carbocycles. The highest BCUT2D eigenvalue weighted by molar-refractivity contribution is 7.90. The zero-order valence-corrected chi connectivity index (χ0v) is 16.5. The molecule has 2 aromatic rings. The van der Waals surface area contributed by atoms with Gasteiger partial charge in [-0.25, -0.2) is 13.1 Å². The van der Waals surface area contributed by atoms with E-state index in [1.54, 1.807) is 12.1 Å². The number of carbonyl (C=O) groups is 1. The van der Waals surface area contributed by atoms with Gasteiger partial charge < -0.3 is 0 Å². The summed E-state index contributed by atoms with van der Waals surface area (Å²) in [7, 11) is -3.88. The number of hydrogen-bond donors (Lipinski definition) is 1. The van der Waals surface area contributed by atoms with E-state index in [9.17, 15) is 26.4 Å². The molecular formula is C21H20F3NO3S. The molecule has 0 atom stereocenters. The van der Waals surface area contributed by atoms with Crippen LogP contribution in [-0.2, 0) is 21.0 Å². The molecule has 0 aliphatic carbocycles. The van der Waals surface area contributed by atoms with Crippen LogP contribution in [0.1, 0.15) is 42.4 Å². The highest BCUT2D eigenvalue weighted by Crippen LogP contribution is 2.28. The molecule has 154 valence electrons. The van der Waals surface area contributed by atoms with Crippen LogP contribution < -0.4 is 4.72 Å². The van der Waals surface area contributed by atoms with Crippen molar-refractivity contribution >= 4 is 15.9 Å². The van der Waals surface area contributed by atoms with Crippen molar-refractivity contribution in [2.45, 2.75) is 43.7 Å². The third-order valence-electron chi connectivity index (χ3n) is 3.98. The third kappa shape index (κ3) is 7.27. The van der Waals surface area contributed by atoms with Gasteiger partial charge in [-0.15, -0.1) is 0 Å². The van der Waals surface area contributed by atoms with Crippen LogP contribution in [0.3, 0.4) is 0 Å². The summed E-state index contributed by atoms with van der Waals surface area (Å²) < 4.78 is 63.7. The predicted octanol–water partition coefficient (Wildman–Crippen LogP) is 4.43. The van der Waals surface area contributed by atoms with Crippen molar-refractivity contribution in [1.29, 1.82) is 0 Å². The summed E-state index contributed by atoms with van der Waals surface area (Å²) in [5, 5.41) is 0. The van der Waals surface area contributed by atoms with E-state index in [4.69, 9.17) is 0 Å². The lowest BCUT2D eigenvalue weighted by Crippen LogP contribution is -2.30. The zero-order valence-electron chi connectivity index (χ0n) is 15.7. The van der Waals surface area contributed by atoms with E-state index in [1.165, 1.54) is 24.3 Å². The minimum absolute atomic E-state index is 0.0267. The summed E-state index contributed by atoms with van der Waals surface area (Å²) in [5.74, 6) is 5.00. The van der Waals surface area contributed by atoms with Crippen molar-refractivity contribution in [3.05, 3.63) is 65.2 Å². The summed E-state index contributed by atoms with van der Waals surface area (Å²) in [6.45, 7) is 1.83. The van der Waals surface area contributed by atoms with Gasteiger partial charge in [-0.1, -0.05) is 29.5 Å². The predicted molar refractivity (Wildman–Crippen MR) is 103 cm³/mol. The normalized spacial score (nSPS) is 11.4. The maximum absolute atomic E-state index is 12.5. The van der Waals surface area contributed by atoms with E-state index in [0.29, 0.717) is 24.8 Å². The number of alkyl halides is 3. The molecule has 0 aliphatic rings. The maximum Gasteiger partial charge on any atom is 0.416 e. The van der Waals surface area contributed by atoms with E-state index in [2.05, 4.69) is 11.8 Å². The number of nitrogens with one attached hydrogen (secondary N) is 1. The van der Waals surface area contributed by atoms with Crippen LogP contribution in [-0.4, -0.2) is 14.3 Å². The first kappa shape index (κ1) is 22.5. The SMILES string of the molecule is Cc1ccc(S(=O)(=O)NC(=O)CCCCC#Cc2ccc(C(F)(F)F)cc2)cc1. The Morgan fingerprint density at radius 2 is 1.62 bits per heavy atom. The molecule has 0 fully saturated rings. The number of hydrogen-bond acceptors (Lipinski definition) is 3. The Labute approximate surface area is 168 Å². The number of halogens is 3. The first-order chi connectivity index (χ1) is 13.6. The van der Waals surface area contributed by atoms with Gasteiger partial charge in [0.05, 0.1) is 10.5 Å². The van der Waals surface area contributed by atoms with Crippen LogP contribution >= 0.6 is 0 Å². The van der Waals surface area contributed by atoms with Crippen LogP contribution in [0, 0.1) is 18.8 Å². The fourth-order valence-corrected chi connectivity index (χ4v) is 3.40. The van der Waals surface area contributed by atoms with Gasteiger partial charge in [0.1, 0.15) is 0 Å². The molecule has 29 heavy (non-hydrogen) atoms. The highest BCUT2D eigenvalue weighted by atomic mass is 32.2. The molecular weight excluding hydrogens is 403 g/mol. The lowest BCUT2D eigenvalue weighted by atomic mass is 10.1. The molecule has 4 nitrogen and oxygen atoms in total. The molecule has 0 spiro atoms. The third-order valence-corrected chi connectivity index (χ3v) is 5.37. The quantitative estimate of drug-likeness (QED) is 0.552. The fraction of sp³-hybridized carbons (Fsp3) is 0.286. The lowest BCUT2D eigenvalue weighted by Gasteiger charge is -2.07. The summed E-state index contributed by atoms with van der Waals surface area (Å²) in [5.41, 5.74) is 0.655. The number of rotatable bonds is 6. The molecule has 0 saturated carbocycles. The molecule has 2 rings (SSSR count). The second kappa shape index (κ2) is 9.61. The van der Waals surface area contributed by atoms with E-state index in [1.807, 2.05) is 11.6 Å². The number of aryl methyl sites for hydroxylation is 1. The Bertz CT molecular complexity index is 1000. The molecule has 1 amide bonds. The zero-order chi connectivity index (χ0) is 21.5. The molecule has 0 bridgehead atoms. The van der Waals surface area contributed by atoms with Gasteiger partial charge in [-0.3, -0.25) is 4.79 Å². The van der Waals surface area contributed by atoms with E-state index in [0.717, 1.165) is 17.7 Å². The van der Waals surface area contributed by atoms with Crippen molar-refractivity contribution < 1.29 is 26.4 Å². The standard InChI is InChI=1S/C21H20F3NO3S/c1-16-8-14-19(15-9-16)29(27,28)25-20(26)7-5-3-2-4-6-17-10-12-18(13-11-17)21(22,23)24/h8-15H,2-3,5,7H2,1H3,(H,25,26). The second-order valence-electron chi connectivity index (χ2n) is 6.43. The molecule has 0 aromatic heterocycles. The van der Waals surface area contributed by atoms with E-state index >= 15 is 0 Å². The van der Waals surface area contributed by atoms with E-state index < -0.39 is 27.7 Å². The minimum atomic E-state index is -4.38. The van der Waals surface area contributed by atoms with Gasteiger partial charge in [0.15, 0.2) is 0 Å². The molecule has 8 heteroatoms. The highest BCUT2D eigenvalue weighted by Gasteiger charge is 2.29. The lowest BCUT2D eigenvalue weighted by molar-refractivity contribution is -0.137. The monoisotopic (exact) mass is 423 g/mol. The van der Waals surface area contributed by atoms with Crippen molar-refractivity contribution in [3.63, 3.8) is 0 Å². The topological polar surface area (TPSA) is 63.2 Å². The molecule has 0 radical (unpaired) electrons. The van der Waals surface area contributed by atoms with Gasteiger partial charge in [0, 0.05) is 18.4 Å². The first-order valence-electron chi connectivity index (χ1n) is 8.86. The number of unbranched alkanes of at least 4 members (excludes halogenated alkanes) is 2. The van der Waals surface area contributed by atoms with E-state index in [-0.39, 0.29) is 11.3 Å². The van der Waals surface area contributed by atoms with Crippen molar-refractivity contribution in [3.8, 4) is 11.8 Å². The Morgan fingerprint density at radius 3 is 2.21 bits per heavy atom. The Balaban J connectivity index is 1.75. The van der Waals surface area contributed by atoms with Crippen molar-refractivity contribution in [1.82, 2.24) is 4.72 Å². The first-order valence-corrected chi connectivity index (χ1v) is 10.3. The van der Waals surface area contributed by atoms with Crippen LogP contribution in [0.25, 0.3) is 0 Å². The Hall–Kier alpha value is -2.79. The average Bonchev–Trinajstić information content (AvgIpc) is 2.64. The van der Waals surface area contributed by atoms with Gasteiger partial charge in [0.25, 0.3) is 10.0 Å². The van der Waals surface area contributed by atoms with Gasteiger partial charge in [-0.05, 0) is 56.2 Å². The van der Waals surface area contributed by atoms with Gasteiger partial charge in [0.2, 0.25) is 5.91 Å². The second-order valence-corrected chi connectivity index (χ2v) is 8.11. The summed E-state index contributed by atoms with van der Waals surface area (Å²) in [4.78, 5) is 11.9. The van der Waals surface area contributed by atoms with Crippen LogP contribution in [0.15, 0.2) is 53.4 Å². The molecule has 0 unspecified atom stereocenters. The number of carbonyl (C=O) groups excluding carboxylic acids is 1. The number of amides is 1. The molecule has 0 heterocycles. The fourth-order valence-electron chi connectivity index (χ4n) is 2.38. The average molecular weight is 423 g/mol. The summed E-state index contributed by atoms with van der Waals surface area (Å²) >= 11 is 0. The maximum atomic E-state index is 12.5. The Kier molecular flexibility index (Phi) is 7.46. The van der Waals surface area contributed by atoms with Crippen molar-refractivity contribution in [2.75, 3.05) is 0 Å². The van der Waals surface area contributed by atoms with Crippen molar-refractivity contribution in [2.24, 2.45) is 0 Å². The molecule has 0 saturated heterocycles. The molecule has 0 aliphatic heterocycles. The largest absolute Gasteiger partial charge is 0.416 e. The van der Waals surface area contributed by atoms with Crippen LogP contribution in [0.2, 0.25) is 0 Å². The summed E-state index contributed by atoms with van der Waals surface area (Å²) in [6, 6.07) is 10.7.